The van der Waals surface area contributed by atoms with Crippen LogP contribution in [0.1, 0.15) is 45.4 Å². The molecule has 0 aliphatic carbocycles. The minimum absolute atomic E-state index is 0.0156. The van der Waals surface area contributed by atoms with E-state index in [0.29, 0.717) is 19.6 Å². The first-order valence-electron chi connectivity index (χ1n) is 16.3. The molecule has 4 rings (SSSR count). The Balaban J connectivity index is 1.42. The lowest BCUT2D eigenvalue weighted by Gasteiger charge is -2.38. The summed E-state index contributed by atoms with van der Waals surface area (Å²) in [5.41, 5.74) is 2.04. The summed E-state index contributed by atoms with van der Waals surface area (Å²) >= 11 is 0. The zero-order valence-electron chi connectivity index (χ0n) is 27.2. The molecule has 1 aromatic rings. The van der Waals surface area contributed by atoms with Gasteiger partial charge in [-0.3, -0.25) is 0 Å². The quantitative estimate of drug-likeness (QED) is 0.183. The molecule has 2 unspecified atom stereocenters. The maximum Gasteiger partial charge on any atom is 0.178 e. The number of benzene rings is 1. The van der Waals surface area contributed by atoms with Crippen LogP contribution in [0, 0.1) is 11.8 Å². The van der Waals surface area contributed by atoms with Crippen LogP contribution < -0.4 is 0 Å². The van der Waals surface area contributed by atoms with Gasteiger partial charge in [-0.1, -0.05) is 56.5 Å². The largest absolute Gasteiger partial charge is 0.394 e. The van der Waals surface area contributed by atoms with E-state index in [1.165, 1.54) is 7.11 Å². The molecule has 46 heavy (non-hydrogen) atoms. The molecule has 10 heteroatoms. The Morgan fingerprint density at radius 3 is 2.52 bits per heavy atom. The van der Waals surface area contributed by atoms with E-state index in [4.69, 9.17) is 23.7 Å². The van der Waals surface area contributed by atoms with Crippen molar-refractivity contribution in [2.75, 3.05) is 32.7 Å². The third-order valence-electron chi connectivity index (χ3n) is 9.39. The van der Waals surface area contributed by atoms with Crippen LogP contribution in [-0.4, -0.2) is 100 Å². The summed E-state index contributed by atoms with van der Waals surface area (Å²) in [5.74, 6) is -0.484. The molecule has 10 atom stereocenters. The van der Waals surface area contributed by atoms with E-state index in [2.05, 4.69) is 26.7 Å². The summed E-state index contributed by atoms with van der Waals surface area (Å²) in [6.07, 6.45) is 6.34. The molecule has 3 heterocycles. The third kappa shape index (κ3) is 9.70. The molecule has 0 aromatic heterocycles. The fourth-order valence-corrected chi connectivity index (χ4v) is 8.57. The highest BCUT2D eigenvalue weighted by Crippen LogP contribution is 2.41. The molecule has 0 radical (unpaired) electrons. The second-order valence-electron chi connectivity index (χ2n) is 12.8. The highest BCUT2D eigenvalue weighted by Gasteiger charge is 2.49. The number of hydrogen-bond donors (Lipinski definition) is 2. The topological polar surface area (TPSA) is 121 Å². The maximum absolute atomic E-state index is 13.5. The highest BCUT2D eigenvalue weighted by molar-refractivity contribution is 7.91. The lowest BCUT2D eigenvalue weighted by molar-refractivity contribution is -0.0785. The van der Waals surface area contributed by atoms with Gasteiger partial charge in [-0.25, -0.2) is 8.42 Å². The molecule has 0 bridgehead atoms. The van der Waals surface area contributed by atoms with Crippen LogP contribution in [0.3, 0.4) is 0 Å². The van der Waals surface area contributed by atoms with Crippen LogP contribution in [0.5, 0.6) is 0 Å². The second kappa shape index (κ2) is 17.3. The fourth-order valence-electron chi connectivity index (χ4n) is 6.90. The molecular weight excluding hydrogens is 608 g/mol. The standard InChI is InChI=1S/C36H52O9S/c1-6-16-42-17-10-11-28-19-25(3)32(43-28)15-14-29-18-24(2)26(4)33(44-29)21-34-31(23-46(39,40)30-12-8-7-9-13-30)36(41-5)35(45-34)20-27(38)22-37/h6-13,24,27-29,31-38H,1,3-4,14-23H2,2,5H3/b11-10+/t24-,27+,28+,29+,31+,32+,33?,34+,35?,36-/m1/s1. The zero-order chi connectivity index (χ0) is 33.3. The number of methoxy groups -OCH3 is 1. The number of rotatable bonds is 17. The molecule has 3 fully saturated rings. The second-order valence-corrected chi connectivity index (χ2v) is 14.8. The first-order chi connectivity index (χ1) is 22.1. The van der Waals surface area contributed by atoms with Crippen molar-refractivity contribution in [2.24, 2.45) is 11.8 Å². The van der Waals surface area contributed by atoms with Crippen molar-refractivity contribution in [1.29, 1.82) is 0 Å². The first kappa shape index (κ1) is 36.7. The van der Waals surface area contributed by atoms with Crippen molar-refractivity contribution in [3.63, 3.8) is 0 Å². The average molecular weight is 661 g/mol. The van der Waals surface area contributed by atoms with Crippen LogP contribution in [0.4, 0.5) is 0 Å². The Hall–Kier alpha value is -2.15. The Morgan fingerprint density at radius 2 is 1.83 bits per heavy atom. The summed E-state index contributed by atoms with van der Waals surface area (Å²) in [7, 11) is -2.14. The van der Waals surface area contributed by atoms with Crippen LogP contribution >= 0.6 is 0 Å². The van der Waals surface area contributed by atoms with Crippen molar-refractivity contribution in [3.8, 4) is 0 Å². The summed E-state index contributed by atoms with van der Waals surface area (Å²) in [6, 6.07) is 8.37. The molecule has 3 aliphatic heterocycles. The molecule has 3 saturated heterocycles. The van der Waals surface area contributed by atoms with Crippen molar-refractivity contribution < 1.29 is 42.3 Å². The van der Waals surface area contributed by atoms with Gasteiger partial charge in [-0.05, 0) is 48.5 Å². The monoisotopic (exact) mass is 660 g/mol. The Labute approximate surface area is 274 Å². The third-order valence-corrected chi connectivity index (χ3v) is 11.2. The van der Waals surface area contributed by atoms with Gasteiger partial charge in [0.25, 0.3) is 0 Å². The summed E-state index contributed by atoms with van der Waals surface area (Å²) in [4.78, 5) is 0.240. The number of sulfone groups is 1. The molecule has 2 N–H and O–H groups in total. The Bertz CT molecular complexity index is 1280. The molecule has 9 nitrogen and oxygen atoms in total. The van der Waals surface area contributed by atoms with Gasteiger partial charge in [-0.2, -0.15) is 0 Å². The van der Waals surface area contributed by atoms with Gasteiger partial charge in [0.2, 0.25) is 0 Å². The molecule has 256 valence electrons. The predicted octanol–water partition coefficient (Wildman–Crippen LogP) is 4.59. The van der Waals surface area contributed by atoms with E-state index >= 15 is 0 Å². The van der Waals surface area contributed by atoms with Gasteiger partial charge in [0.1, 0.15) is 0 Å². The Morgan fingerprint density at radius 1 is 1.07 bits per heavy atom. The van der Waals surface area contributed by atoms with Crippen LogP contribution in [0.15, 0.2) is 84.3 Å². The van der Waals surface area contributed by atoms with Gasteiger partial charge in [0, 0.05) is 32.3 Å². The van der Waals surface area contributed by atoms with Gasteiger partial charge in [-0.15, -0.1) is 6.58 Å². The first-order valence-corrected chi connectivity index (χ1v) is 18.0. The molecule has 3 aliphatic rings. The molecular formula is C36H52O9S. The molecule has 1 aromatic carbocycles. The van der Waals surface area contributed by atoms with Crippen LogP contribution in [-0.2, 0) is 33.5 Å². The van der Waals surface area contributed by atoms with Crippen molar-refractivity contribution >= 4 is 9.84 Å². The van der Waals surface area contributed by atoms with E-state index in [0.717, 1.165) is 36.8 Å². The number of aliphatic hydroxyl groups excluding tert-OH is 2. The van der Waals surface area contributed by atoms with Crippen molar-refractivity contribution in [3.05, 3.63) is 79.4 Å². The summed E-state index contributed by atoms with van der Waals surface area (Å²) in [6.45, 7) is 15.0. The minimum atomic E-state index is -3.66. The SMILES string of the molecule is C=CCOC/C=C/[C@H]1CC(=C)[C@H](CC[C@H]2C[C@@H](C)C(=C)C(C[C@@H]3OC(C[C@H](O)CO)[C@H](OC)[C@H]3CS(=O)(=O)c3ccccc3)O2)O1. The average Bonchev–Trinajstić information content (AvgIpc) is 3.55. The lowest BCUT2D eigenvalue weighted by Crippen LogP contribution is -2.40. The normalized spacial score (nSPS) is 32.7. The van der Waals surface area contributed by atoms with Gasteiger partial charge < -0.3 is 33.9 Å². The number of aliphatic hydroxyl groups is 2. The minimum Gasteiger partial charge on any atom is -0.394 e. The van der Waals surface area contributed by atoms with Crippen molar-refractivity contribution in [1.82, 2.24) is 0 Å². The van der Waals surface area contributed by atoms with Gasteiger partial charge in [0.15, 0.2) is 9.84 Å². The zero-order valence-corrected chi connectivity index (χ0v) is 28.1. The Kier molecular flexibility index (Phi) is 13.8. The molecule has 0 amide bonds. The number of hydrogen-bond acceptors (Lipinski definition) is 9. The van der Waals surface area contributed by atoms with E-state index in [9.17, 15) is 18.6 Å². The van der Waals surface area contributed by atoms with Crippen LogP contribution in [0.2, 0.25) is 0 Å². The van der Waals surface area contributed by atoms with Gasteiger partial charge in [0.05, 0.1) is 79.3 Å². The highest BCUT2D eigenvalue weighted by atomic mass is 32.2. The van der Waals surface area contributed by atoms with E-state index in [1.54, 1.807) is 36.4 Å². The maximum atomic E-state index is 13.5. The summed E-state index contributed by atoms with van der Waals surface area (Å²) in [5, 5.41) is 19.7. The number of ether oxygens (including phenoxy) is 5. The van der Waals surface area contributed by atoms with E-state index in [1.807, 2.05) is 12.2 Å². The smallest absolute Gasteiger partial charge is 0.178 e. The van der Waals surface area contributed by atoms with E-state index in [-0.39, 0.29) is 47.4 Å². The predicted molar refractivity (Wildman–Crippen MR) is 177 cm³/mol. The fraction of sp³-hybridized carbons (Fsp3) is 0.611. The van der Waals surface area contributed by atoms with Crippen molar-refractivity contribution in [2.45, 2.75) is 99.2 Å². The lowest BCUT2D eigenvalue weighted by atomic mass is 9.83. The summed E-state index contributed by atoms with van der Waals surface area (Å²) < 4.78 is 57.6. The molecule has 0 saturated carbocycles. The van der Waals surface area contributed by atoms with Gasteiger partial charge >= 0.3 is 0 Å². The molecule has 0 spiro atoms. The van der Waals surface area contributed by atoms with Crippen LogP contribution in [0.25, 0.3) is 0 Å². The van der Waals surface area contributed by atoms with E-state index < -0.39 is 46.8 Å².